The third kappa shape index (κ3) is 9.71. The van der Waals surface area contributed by atoms with Gasteiger partial charge in [-0.2, -0.15) is 0 Å². The molecule has 1 saturated heterocycles. The van der Waals surface area contributed by atoms with E-state index >= 15 is 0 Å². The largest absolute Gasteiger partial charge is 0.394 e. The molecule has 0 aliphatic carbocycles. The van der Waals surface area contributed by atoms with E-state index in [4.69, 9.17) is 14.6 Å². The van der Waals surface area contributed by atoms with Crippen LogP contribution in [-0.4, -0.2) is 59.6 Å². The van der Waals surface area contributed by atoms with Gasteiger partial charge in [0, 0.05) is 6.61 Å². The molecule has 3 N–H and O–H groups in total. The van der Waals surface area contributed by atoms with Gasteiger partial charge in [0.1, 0.15) is 24.4 Å². The van der Waals surface area contributed by atoms with Gasteiger partial charge in [-0.25, -0.2) is 0 Å². The van der Waals surface area contributed by atoms with Crippen molar-refractivity contribution in [1.29, 1.82) is 0 Å². The highest BCUT2D eigenvalue weighted by molar-refractivity contribution is 4.87. The van der Waals surface area contributed by atoms with Crippen molar-refractivity contribution in [1.82, 2.24) is 0 Å². The SMILES string of the molecule is CCCCCCCCC/C=C/CCCO[C@@H]1CO[C@@H](CO)[C@H](O)[C@H]1O. The van der Waals surface area contributed by atoms with E-state index in [1.54, 1.807) is 0 Å². The lowest BCUT2D eigenvalue weighted by Crippen LogP contribution is -2.55. The summed E-state index contributed by atoms with van der Waals surface area (Å²) in [6.07, 6.45) is 13.5. The molecule has 1 aliphatic heterocycles. The summed E-state index contributed by atoms with van der Waals surface area (Å²) in [5.74, 6) is 0. The maximum atomic E-state index is 9.95. The average Bonchev–Trinajstić information content (AvgIpc) is 2.62. The molecule has 148 valence electrons. The summed E-state index contributed by atoms with van der Waals surface area (Å²) in [4.78, 5) is 0. The lowest BCUT2D eigenvalue weighted by Gasteiger charge is -2.36. The molecule has 0 aromatic carbocycles. The molecule has 0 bridgehead atoms. The molecule has 0 amide bonds. The zero-order valence-electron chi connectivity index (χ0n) is 15.8. The molecule has 1 rings (SSSR count). The Kier molecular flexibility index (Phi) is 13.3. The first kappa shape index (κ1) is 22.6. The van der Waals surface area contributed by atoms with Crippen LogP contribution in [0.2, 0.25) is 0 Å². The van der Waals surface area contributed by atoms with Gasteiger partial charge >= 0.3 is 0 Å². The number of aliphatic hydroxyl groups is 3. The molecule has 5 nitrogen and oxygen atoms in total. The van der Waals surface area contributed by atoms with Crippen LogP contribution in [0, 0.1) is 0 Å². The molecule has 0 unspecified atom stereocenters. The predicted molar refractivity (Wildman–Crippen MR) is 99.6 cm³/mol. The van der Waals surface area contributed by atoms with Gasteiger partial charge in [0.05, 0.1) is 13.2 Å². The van der Waals surface area contributed by atoms with Crippen LogP contribution >= 0.6 is 0 Å². The summed E-state index contributed by atoms with van der Waals surface area (Å²) in [6.45, 7) is 2.69. The number of hydrogen-bond donors (Lipinski definition) is 3. The molecule has 0 aromatic heterocycles. The van der Waals surface area contributed by atoms with Gasteiger partial charge in [0.25, 0.3) is 0 Å². The van der Waals surface area contributed by atoms with E-state index in [0.29, 0.717) is 6.61 Å². The topological polar surface area (TPSA) is 79.2 Å². The van der Waals surface area contributed by atoms with Crippen LogP contribution in [0.5, 0.6) is 0 Å². The highest BCUT2D eigenvalue weighted by atomic mass is 16.6. The highest BCUT2D eigenvalue weighted by Gasteiger charge is 2.38. The van der Waals surface area contributed by atoms with Crippen LogP contribution in [-0.2, 0) is 9.47 Å². The third-order valence-electron chi connectivity index (χ3n) is 4.75. The van der Waals surface area contributed by atoms with Crippen molar-refractivity contribution in [2.75, 3.05) is 19.8 Å². The second-order valence-corrected chi connectivity index (χ2v) is 6.97. The summed E-state index contributed by atoms with van der Waals surface area (Å²) < 4.78 is 10.9. The van der Waals surface area contributed by atoms with E-state index in [2.05, 4.69) is 19.1 Å². The van der Waals surface area contributed by atoms with Gasteiger partial charge in [-0.1, -0.05) is 57.6 Å². The van der Waals surface area contributed by atoms with Crippen LogP contribution in [0.3, 0.4) is 0 Å². The summed E-state index contributed by atoms with van der Waals surface area (Å²) in [7, 11) is 0. The quantitative estimate of drug-likeness (QED) is 0.329. The van der Waals surface area contributed by atoms with Crippen LogP contribution in [0.1, 0.15) is 71.1 Å². The molecule has 0 spiro atoms. The first-order chi connectivity index (χ1) is 12.2. The standard InChI is InChI=1S/C20H38O5/c1-2-3-4-5-6-7-8-9-10-11-12-13-14-24-18-16-25-17(15-21)19(22)20(18)23/h10-11,17-23H,2-9,12-16H2,1H3/b11-10+/t17-,18+,19-,20-/m0/s1. The molecule has 4 atom stereocenters. The normalized spacial score (nSPS) is 27.2. The Balaban J connectivity index is 1.94. The molecule has 0 saturated carbocycles. The molecular formula is C20H38O5. The van der Waals surface area contributed by atoms with Crippen molar-refractivity contribution in [2.24, 2.45) is 0 Å². The van der Waals surface area contributed by atoms with Crippen molar-refractivity contribution in [3.05, 3.63) is 12.2 Å². The molecule has 0 aromatic rings. The minimum atomic E-state index is -1.09. The Morgan fingerprint density at radius 2 is 1.56 bits per heavy atom. The summed E-state index contributed by atoms with van der Waals surface area (Å²) in [6, 6.07) is 0. The van der Waals surface area contributed by atoms with Gasteiger partial charge in [-0.15, -0.1) is 0 Å². The fourth-order valence-corrected chi connectivity index (χ4v) is 3.05. The van der Waals surface area contributed by atoms with E-state index in [9.17, 15) is 10.2 Å². The van der Waals surface area contributed by atoms with E-state index in [1.807, 2.05) is 0 Å². The molecular weight excluding hydrogens is 320 g/mol. The number of aliphatic hydroxyl groups excluding tert-OH is 3. The molecule has 5 heteroatoms. The Morgan fingerprint density at radius 1 is 0.920 bits per heavy atom. The fraction of sp³-hybridized carbons (Fsp3) is 0.900. The second kappa shape index (κ2) is 14.7. The summed E-state index contributed by atoms with van der Waals surface area (Å²) in [5, 5.41) is 28.8. The van der Waals surface area contributed by atoms with Gasteiger partial charge < -0.3 is 24.8 Å². The first-order valence-electron chi connectivity index (χ1n) is 10.1. The van der Waals surface area contributed by atoms with Crippen LogP contribution in [0.25, 0.3) is 0 Å². The minimum Gasteiger partial charge on any atom is -0.394 e. The van der Waals surface area contributed by atoms with Crippen molar-refractivity contribution >= 4 is 0 Å². The molecule has 25 heavy (non-hydrogen) atoms. The van der Waals surface area contributed by atoms with E-state index in [-0.39, 0.29) is 13.2 Å². The van der Waals surface area contributed by atoms with E-state index in [0.717, 1.165) is 19.3 Å². The van der Waals surface area contributed by atoms with Crippen molar-refractivity contribution in [3.8, 4) is 0 Å². The van der Waals surface area contributed by atoms with Gasteiger partial charge in [-0.05, 0) is 25.7 Å². The molecule has 1 fully saturated rings. The Labute approximate surface area is 153 Å². The number of unbranched alkanes of at least 4 members (excludes halogenated alkanes) is 8. The van der Waals surface area contributed by atoms with E-state index in [1.165, 1.54) is 44.9 Å². The number of allylic oxidation sites excluding steroid dienone is 2. The van der Waals surface area contributed by atoms with Gasteiger partial charge in [-0.3, -0.25) is 0 Å². The predicted octanol–water partition coefficient (Wildman–Crippen LogP) is 2.96. The summed E-state index contributed by atoms with van der Waals surface area (Å²) >= 11 is 0. The van der Waals surface area contributed by atoms with Gasteiger partial charge in [0.2, 0.25) is 0 Å². The molecule has 0 radical (unpaired) electrons. The van der Waals surface area contributed by atoms with Crippen molar-refractivity contribution < 1.29 is 24.8 Å². The van der Waals surface area contributed by atoms with Crippen LogP contribution < -0.4 is 0 Å². The summed E-state index contributed by atoms with van der Waals surface area (Å²) in [5.41, 5.74) is 0. The van der Waals surface area contributed by atoms with Crippen LogP contribution in [0.4, 0.5) is 0 Å². The lowest BCUT2D eigenvalue weighted by molar-refractivity contribution is -0.208. The number of ether oxygens (including phenoxy) is 2. The van der Waals surface area contributed by atoms with E-state index < -0.39 is 24.4 Å². The maximum Gasteiger partial charge on any atom is 0.111 e. The molecule has 1 heterocycles. The highest BCUT2D eigenvalue weighted by Crippen LogP contribution is 2.18. The Morgan fingerprint density at radius 3 is 2.24 bits per heavy atom. The monoisotopic (exact) mass is 358 g/mol. The number of rotatable bonds is 14. The second-order valence-electron chi connectivity index (χ2n) is 6.97. The number of hydrogen-bond acceptors (Lipinski definition) is 5. The zero-order valence-corrected chi connectivity index (χ0v) is 15.8. The fourth-order valence-electron chi connectivity index (χ4n) is 3.05. The lowest BCUT2D eigenvalue weighted by atomic mass is 10.0. The maximum absolute atomic E-state index is 9.95. The average molecular weight is 359 g/mol. The zero-order chi connectivity index (χ0) is 18.3. The first-order valence-corrected chi connectivity index (χ1v) is 10.1. The minimum absolute atomic E-state index is 0.206. The Hall–Kier alpha value is -0.460. The van der Waals surface area contributed by atoms with Crippen molar-refractivity contribution in [2.45, 2.75) is 95.5 Å². The van der Waals surface area contributed by atoms with Crippen LogP contribution in [0.15, 0.2) is 12.2 Å². The molecule has 1 aliphatic rings. The Bertz CT molecular complexity index is 334. The van der Waals surface area contributed by atoms with Crippen molar-refractivity contribution in [3.63, 3.8) is 0 Å². The smallest absolute Gasteiger partial charge is 0.111 e. The van der Waals surface area contributed by atoms with Gasteiger partial charge in [0.15, 0.2) is 0 Å². The third-order valence-corrected chi connectivity index (χ3v) is 4.75.